The topological polar surface area (TPSA) is 178 Å². The van der Waals surface area contributed by atoms with Crippen LogP contribution < -0.4 is 0 Å². The summed E-state index contributed by atoms with van der Waals surface area (Å²) in [5.41, 5.74) is 0. The Morgan fingerprint density at radius 3 is 1.40 bits per heavy atom. The van der Waals surface area contributed by atoms with Gasteiger partial charge >= 0.3 is 16.4 Å². The summed E-state index contributed by atoms with van der Waals surface area (Å²) < 4.78 is 59.4. The van der Waals surface area contributed by atoms with Gasteiger partial charge in [0.05, 0.1) is 19.8 Å². The van der Waals surface area contributed by atoms with Crippen molar-refractivity contribution in [2.75, 3.05) is 26.4 Å². The molecule has 12 nitrogen and oxygen atoms in total. The third-order valence-electron chi connectivity index (χ3n) is 13.1. The fourth-order valence-corrected chi connectivity index (χ4v) is 9.33. The van der Waals surface area contributed by atoms with E-state index < -0.39 is 59.8 Å². The first-order valence-electron chi connectivity index (χ1n) is 28.1. The predicted octanol–water partition coefficient (Wildman–Crippen LogP) is 13.5. The summed E-state index contributed by atoms with van der Waals surface area (Å²) in [4.78, 5) is 12.9. The number of hydrogen-bond donors (Lipinski definition) is 4. The Labute approximate surface area is 416 Å². The predicted molar refractivity (Wildman–Crippen MR) is 276 cm³/mol. The molecule has 0 amide bonds. The van der Waals surface area contributed by atoms with E-state index in [9.17, 15) is 33.1 Å². The minimum absolute atomic E-state index is 0.0393. The monoisotopic (exact) mass is 989 g/mol. The fourth-order valence-electron chi connectivity index (χ4n) is 8.82. The van der Waals surface area contributed by atoms with Gasteiger partial charge in [-0.05, 0) is 44.9 Å². The van der Waals surface area contributed by atoms with Crippen molar-refractivity contribution in [3.05, 3.63) is 24.3 Å². The Morgan fingerprint density at radius 1 is 0.559 bits per heavy atom. The van der Waals surface area contributed by atoms with Crippen LogP contribution in [0, 0.1) is 0 Å². The van der Waals surface area contributed by atoms with E-state index in [0.29, 0.717) is 13.0 Å². The SMILES string of the molecule is CCCCCCC/C=C\C/C=C\CCCCCCCCCCCC(=O)OC(COCCCCCCCCCCCCCCCCCCCCCC)COC1OC(CO)C(O)C(OS(=O)(=O)O)C1O. The van der Waals surface area contributed by atoms with Crippen molar-refractivity contribution in [3.8, 4) is 0 Å². The third kappa shape index (κ3) is 39.2. The lowest BCUT2D eigenvalue weighted by atomic mass is 9.99. The molecular formula is C55H104O12S. The van der Waals surface area contributed by atoms with Gasteiger partial charge in [0.25, 0.3) is 0 Å². The number of esters is 1. The molecule has 0 aromatic rings. The number of carbonyl (C=O) groups is 1. The molecule has 1 heterocycles. The Bertz CT molecular complexity index is 1280. The third-order valence-corrected chi connectivity index (χ3v) is 13.5. The van der Waals surface area contributed by atoms with E-state index >= 15 is 0 Å². The first-order valence-corrected chi connectivity index (χ1v) is 29.5. The molecule has 1 aliphatic heterocycles. The van der Waals surface area contributed by atoms with Gasteiger partial charge in [0.2, 0.25) is 0 Å². The molecule has 0 bridgehead atoms. The summed E-state index contributed by atoms with van der Waals surface area (Å²) in [6.45, 7) is 4.03. The lowest BCUT2D eigenvalue weighted by Gasteiger charge is -2.41. The van der Waals surface area contributed by atoms with Crippen molar-refractivity contribution in [3.63, 3.8) is 0 Å². The Hall–Kier alpha value is -1.42. The van der Waals surface area contributed by atoms with Crippen LogP contribution >= 0.6 is 0 Å². The van der Waals surface area contributed by atoms with Crippen LogP contribution in [0.25, 0.3) is 0 Å². The molecular weight excluding hydrogens is 885 g/mol. The van der Waals surface area contributed by atoms with Crippen LogP contribution in [0.4, 0.5) is 0 Å². The second kappa shape index (κ2) is 46.6. The maximum absolute atomic E-state index is 12.9. The van der Waals surface area contributed by atoms with Crippen molar-refractivity contribution in [1.29, 1.82) is 0 Å². The quantitative estimate of drug-likeness (QED) is 0.0196. The molecule has 6 atom stereocenters. The number of rotatable bonds is 50. The molecule has 1 saturated heterocycles. The highest BCUT2D eigenvalue weighted by molar-refractivity contribution is 7.80. The van der Waals surface area contributed by atoms with Crippen LogP contribution in [-0.4, -0.2) is 97.5 Å². The summed E-state index contributed by atoms with van der Waals surface area (Å²) in [5.74, 6) is -0.398. The van der Waals surface area contributed by atoms with Gasteiger partial charge in [0.15, 0.2) is 6.29 Å². The lowest BCUT2D eigenvalue weighted by Crippen LogP contribution is -2.60. The van der Waals surface area contributed by atoms with Crippen LogP contribution in [0.5, 0.6) is 0 Å². The molecule has 0 radical (unpaired) electrons. The minimum Gasteiger partial charge on any atom is -0.457 e. The first kappa shape index (κ1) is 64.6. The molecule has 1 rings (SSSR count). The first-order chi connectivity index (χ1) is 33.1. The second-order valence-electron chi connectivity index (χ2n) is 19.5. The van der Waals surface area contributed by atoms with Gasteiger partial charge in [0.1, 0.15) is 30.5 Å². The van der Waals surface area contributed by atoms with Gasteiger partial charge in [-0.15, -0.1) is 0 Å². The highest BCUT2D eigenvalue weighted by atomic mass is 32.3. The Kier molecular flexibility index (Phi) is 44.3. The van der Waals surface area contributed by atoms with Crippen LogP contribution in [0.1, 0.15) is 258 Å². The van der Waals surface area contributed by atoms with Crippen LogP contribution in [0.2, 0.25) is 0 Å². The molecule has 0 aliphatic carbocycles. The van der Waals surface area contributed by atoms with Gasteiger partial charge in [-0.2, -0.15) is 8.42 Å². The highest BCUT2D eigenvalue weighted by Crippen LogP contribution is 2.26. The molecule has 1 fully saturated rings. The number of carbonyl (C=O) groups excluding carboxylic acids is 1. The zero-order valence-electron chi connectivity index (χ0n) is 43.4. The molecule has 0 aromatic heterocycles. The Balaban J connectivity index is 2.31. The van der Waals surface area contributed by atoms with Gasteiger partial charge in [-0.25, -0.2) is 4.18 Å². The van der Waals surface area contributed by atoms with Gasteiger partial charge in [-0.1, -0.05) is 231 Å². The number of allylic oxidation sites excluding steroid dienone is 4. The smallest absolute Gasteiger partial charge is 0.397 e. The van der Waals surface area contributed by atoms with Crippen molar-refractivity contribution in [1.82, 2.24) is 0 Å². The molecule has 0 spiro atoms. The van der Waals surface area contributed by atoms with Crippen LogP contribution in [-0.2, 0) is 38.3 Å². The number of aliphatic hydroxyl groups excluding tert-OH is 3. The minimum atomic E-state index is -5.06. The molecule has 6 unspecified atom stereocenters. The van der Waals surface area contributed by atoms with E-state index in [-0.39, 0.29) is 19.6 Å². The molecule has 402 valence electrons. The number of hydrogen-bond acceptors (Lipinski definition) is 11. The van der Waals surface area contributed by atoms with E-state index in [2.05, 4.69) is 42.3 Å². The molecule has 0 saturated carbocycles. The van der Waals surface area contributed by atoms with E-state index in [1.807, 2.05) is 0 Å². The van der Waals surface area contributed by atoms with Crippen molar-refractivity contribution < 1.29 is 56.2 Å². The van der Waals surface area contributed by atoms with Crippen molar-refractivity contribution >= 4 is 16.4 Å². The summed E-state index contributed by atoms with van der Waals surface area (Å²) in [5, 5.41) is 30.8. The zero-order chi connectivity index (χ0) is 49.6. The lowest BCUT2D eigenvalue weighted by molar-refractivity contribution is -0.301. The van der Waals surface area contributed by atoms with E-state index in [4.69, 9.17) is 18.9 Å². The molecule has 1 aliphatic rings. The summed E-state index contributed by atoms with van der Waals surface area (Å²) >= 11 is 0. The molecule has 4 N–H and O–H groups in total. The Morgan fingerprint density at radius 2 is 0.971 bits per heavy atom. The molecule has 13 heteroatoms. The average Bonchev–Trinajstić information content (AvgIpc) is 3.31. The van der Waals surface area contributed by atoms with Crippen molar-refractivity contribution in [2.45, 2.75) is 295 Å². The largest absolute Gasteiger partial charge is 0.457 e. The normalized spacial score (nSPS) is 19.4. The number of unbranched alkanes of at least 4 members (excludes halogenated alkanes) is 33. The van der Waals surface area contributed by atoms with Crippen LogP contribution in [0.15, 0.2) is 24.3 Å². The second-order valence-corrected chi connectivity index (χ2v) is 20.6. The standard InChI is InChI=1S/C55H104O12S/c1-3-5-7-9-11-13-15-17-19-21-23-25-26-28-30-32-34-36-38-40-42-44-51(57)65-49(48-64-55-53(59)54(67-68(60,61)62)52(58)50(46-56)66-55)47-63-45-43-41-39-37-35-33-31-29-27-24-22-20-18-16-14-12-10-8-6-4-2/h15,17,21,23,49-50,52-56,58-59H,3-14,16,18-20,22,24-48H2,1-2H3,(H,60,61,62)/b17-15-,23-21-. The summed E-state index contributed by atoms with van der Waals surface area (Å²) in [7, 11) is -5.06. The molecule has 68 heavy (non-hydrogen) atoms. The summed E-state index contributed by atoms with van der Waals surface area (Å²) in [6.07, 6.45) is 46.4. The average molecular weight is 989 g/mol. The van der Waals surface area contributed by atoms with Crippen LogP contribution in [0.3, 0.4) is 0 Å². The molecule has 0 aromatic carbocycles. The van der Waals surface area contributed by atoms with E-state index in [1.165, 1.54) is 180 Å². The van der Waals surface area contributed by atoms with Gasteiger partial charge in [-0.3, -0.25) is 9.35 Å². The number of ether oxygens (including phenoxy) is 4. The van der Waals surface area contributed by atoms with E-state index in [1.54, 1.807) is 0 Å². The fraction of sp³-hybridized carbons (Fsp3) is 0.909. The summed E-state index contributed by atoms with van der Waals surface area (Å²) in [6, 6.07) is 0. The number of aliphatic hydroxyl groups is 3. The zero-order valence-corrected chi connectivity index (χ0v) is 44.3. The highest BCUT2D eigenvalue weighted by Gasteiger charge is 2.48. The van der Waals surface area contributed by atoms with Crippen molar-refractivity contribution in [2.24, 2.45) is 0 Å². The maximum Gasteiger partial charge on any atom is 0.397 e. The maximum atomic E-state index is 12.9. The van der Waals surface area contributed by atoms with Gasteiger partial charge < -0.3 is 34.3 Å². The van der Waals surface area contributed by atoms with E-state index in [0.717, 1.165) is 51.4 Å². The van der Waals surface area contributed by atoms with Gasteiger partial charge in [0, 0.05) is 13.0 Å².